The lowest BCUT2D eigenvalue weighted by atomic mass is 10.1. The van der Waals surface area contributed by atoms with Crippen LogP contribution in [-0.4, -0.2) is 10.1 Å². The molecule has 1 aromatic heterocycles. The zero-order valence-corrected chi connectivity index (χ0v) is 10.3. The first-order valence-corrected chi connectivity index (χ1v) is 5.95. The highest BCUT2D eigenvalue weighted by Gasteiger charge is 2.10. The largest absolute Gasteiger partial charge is 0.439 e. The average molecular weight is 253 g/mol. The molecular weight excluding hydrogens is 241 g/mol. The van der Waals surface area contributed by atoms with Gasteiger partial charge in [-0.05, 0) is 43.3 Å². The summed E-state index contributed by atoms with van der Waals surface area (Å²) >= 11 is 1.12. The Labute approximate surface area is 103 Å². The Morgan fingerprint density at radius 3 is 2.76 bits per heavy atom. The smallest absolute Gasteiger partial charge is 0.260 e. The van der Waals surface area contributed by atoms with E-state index in [1.807, 2.05) is 0 Å². The molecule has 0 amide bonds. The van der Waals surface area contributed by atoms with Gasteiger partial charge in [0, 0.05) is 0 Å². The normalized spacial score (nSPS) is 12.7. The summed E-state index contributed by atoms with van der Waals surface area (Å²) in [6.07, 6.45) is 0.845. The molecule has 1 atom stereocenters. The van der Waals surface area contributed by atoms with Crippen LogP contribution in [0.3, 0.4) is 0 Å². The number of aliphatic hydroxyl groups excluding tert-OH is 1. The van der Waals surface area contributed by atoms with Crippen molar-refractivity contribution in [3.05, 3.63) is 41.5 Å². The van der Waals surface area contributed by atoms with Crippen LogP contribution in [0.2, 0.25) is 0 Å². The fourth-order valence-corrected chi connectivity index (χ4v) is 2.10. The molecule has 17 heavy (non-hydrogen) atoms. The van der Waals surface area contributed by atoms with Gasteiger partial charge < -0.3 is 9.52 Å². The Bertz CT molecular complexity index is 525. The van der Waals surface area contributed by atoms with E-state index in [0.717, 1.165) is 17.5 Å². The second kappa shape index (κ2) is 4.89. The van der Waals surface area contributed by atoms with Gasteiger partial charge in [-0.3, -0.25) is 0 Å². The molecule has 0 unspecified atom stereocenters. The zero-order chi connectivity index (χ0) is 12.4. The third kappa shape index (κ3) is 2.87. The third-order valence-corrected chi connectivity index (χ3v) is 3.15. The number of halogens is 1. The number of rotatable bonds is 3. The van der Waals surface area contributed by atoms with Crippen LogP contribution in [0.5, 0.6) is 0 Å². The minimum absolute atomic E-state index is 0.385. The Morgan fingerprint density at radius 2 is 2.24 bits per heavy atom. The van der Waals surface area contributed by atoms with Crippen LogP contribution in [0.1, 0.15) is 24.3 Å². The first kappa shape index (κ1) is 12.1. The molecule has 0 bridgehead atoms. The number of hydrogen-bond donors (Lipinski definition) is 1. The van der Waals surface area contributed by atoms with Gasteiger partial charge in [0.25, 0.3) is 5.22 Å². The molecule has 5 heteroatoms. The maximum absolute atomic E-state index is 13.7. The standard InChI is InChI=1S/C12H12FNO2S/c1-7-6-16-12(14-7)17-11-4-3-9(8(2)15)5-10(11)13/h3-6,8,15H,1-2H3/t8-/m0/s1. The Kier molecular flexibility index (Phi) is 3.49. The predicted octanol–water partition coefficient (Wildman–Crippen LogP) is 3.33. The van der Waals surface area contributed by atoms with E-state index in [2.05, 4.69) is 4.98 Å². The van der Waals surface area contributed by atoms with E-state index in [1.165, 1.54) is 12.3 Å². The van der Waals surface area contributed by atoms with E-state index >= 15 is 0 Å². The Balaban J connectivity index is 2.22. The average Bonchev–Trinajstić information content (AvgIpc) is 2.67. The highest BCUT2D eigenvalue weighted by Crippen LogP contribution is 2.30. The van der Waals surface area contributed by atoms with Crippen LogP contribution in [-0.2, 0) is 0 Å². The van der Waals surface area contributed by atoms with Crippen molar-refractivity contribution in [3.8, 4) is 0 Å². The fraction of sp³-hybridized carbons (Fsp3) is 0.250. The van der Waals surface area contributed by atoms with E-state index in [9.17, 15) is 9.50 Å². The van der Waals surface area contributed by atoms with E-state index in [0.29, 0.717) is 15.7 Å². The monoisotopic (exact) mass is 253 g/mol. The molecule has 0 aliphatic heterocycles. The molecule has 1 N–H and O–H groups in total. The summed E-state index contributed by atoms with van der Waals surface area (Å²) in [5, 5.41) is 9.74. The van der Waals surface area contributed by atoms with Gasteiger partial charge in [-0.15, -0.1) is 0 Å². The van der Waals surface area contributed by atoms with Gasteiger partial charge in [0.1, 0.15) is 12.1 Å². The number of hydrogen-bond acceptors (Lipinski definition) is 4. The lowest BCUT2D eigenvalue weighted by molar-refractivity contribution is 0.198. The number of aryl methyl sites for hydroxylation is 1. The molecule has 90 valence electrons. The molecule has 0 saturated heterocycles. The molecule has 2 aromatic rings. The van der Waals surface area contributed by atoms with Crippen molar-refractivity contribution in [1.29, 1.82) is 0 Å². The quantitative estimate of drug-likeness (QED) is 0.911. The van der Waals surface area contributed by atoms with Gasteiger partial charge in [0.05, 0.1) is 16.7 Å². The van der Waals surface area contributed by atoms with Crippen molar-refractivity contribution < 1.29 is 13.9 Å². The SMILES string of the molecule is Cc1coc(Sc2ccc([C@H](C)O)cc2F)n1. The lowest BCUT2D eigenvalue weighted by Crippen LogP contribution is -1.92. The van der Waals surface area contributed by atoms with Gasteiger partial charge in [-0.2, -0.15) is 0 Å². The zero-order valence-electron chi connectivity index (χ0n) is 9.48. The second-order valence-corrected chi connectivity index (χ2v) is 4.72. The van der Waals surface area contributed by atoms with Crippen LogP contribution in [0, 0.1) is 12.7 Å². The van der Waals surface area contributed by atoms with Crippen LogP contribution in [0.25, 0.3) is 0 Å². The summed E-state index contributed by atoms with van der Waals surface area (Å²) in [5.74, 6) is -0.385. The number of aromatic nitrogens is 1. The molecule has 0 aliphatic rings. The number of nitrogens with zero attached hydrogens (tertiary/aromatic N) is 1. The maximum atomic E-state index is 13.7. The van der Waals surface area contributed by atoms with Gasteiger partial charge in [-0.25, -0.2) is 9.37 Å². The van der Waals surface area contributed by atoms with Crippen molar-refractivity contribution in [3.63, 3.8) is 0 Å². The third-order valence-electron chi connectivity index (χ3n) is 2.23. The molecule has 2 rings (SSSR count). The summed E-state index contributed by atoms with van der Waals surface area (Å²) in [5.41, 5.74) is 1.31. The Morgan fingerprint density at radius 1 is 1.47 bits per heavy atom. The van der Waals surface area contributed by atoms with E-state index in [-0.39, 0.29) is 5.82 Å². The minimum Gasteiger partial charge on any atom is -0.439 e. The van der Waals surface area contributed by atoms with Gasteiger partial charge in [0.15, 0.2) is 0 Å². The highest BCUT2D eigenvalue weighted by molar-refractivity contribution is 7.99. The van der Waals surface area contributed by atoms with Crippen molar-refractivity contribution in [2.45, 2.75) is 30.1 Å². The summed E-state index contributed by atoms with van der Waals surface area (Å²) in [6, 6.07) is 4.62. The second-order valence-electron chi connectivity index (χ2n) is 3.72. The summed E-state index contributed by atoms with van der Waals surface area (Å²) in [6.45, 7) is 3.40. The summed E-state index contributed by atoms with van der Waals surface area (Å²) in [7, 11) is 0. The van der Waals surface area contributed by atoms with Crippen molar-refractivity contribution >= 4 is 11.8 Å². The lowest BCUT2D eigenvalue weighted by Gasteiger charge is -2.06. The molecule has 0 spiro atoms. The molecule has 3 nitrogen and oxygen atoms in total. The maximum Gasteiger partial charge on any atom is 0.260 e. The van der Waals surface area contributed by atoms with Gasteiger partial charge in [-0.1, -0.05) is 6.07 Å². The van der Waals surface area contributed by atoms with Gasteiger partial charge >= 0.3 is 0 Å². The fourth-order valence-electron chi connectivity index (χ4n) is 1.33. The first-order valence-electron chi connectivity index (χ1n) is 5.14. The molecule has 0 fully saturated rings. The number of aliphatic hydroxyl groups is 1. The molecule has 0 radical (unpaired) electrons. The number of benzene rings is 1. The van der Waals surface area contributed by atoms with E-state index < -0.39 is 6.10 Å². The van der Waals surface area contributed by atoms with Gasteiger partial charge in [0.2, 0.25) is 0 Å². The molecular formula is C12H12FNO2S. The van der Waals surface area contributed by atoms with E-state index in [1.54, 1.807) is 26.0 Å². The summed E-state index contributed by atoms with van der Waals surface area (Å²) < 4.78 is 18.8. The van der Waals surface area contributed by atoms with Crippen LogP contribution >= 0.6 is 11.8 Å². The summed E-state index contributed by atoms with van der Waals surface area (Å²) in [4.78, 5) is 4.51. The van der Waals surface area contributed by atoms with E-state index in [4.69, 9.17) is 4.42 Å². The van der Waals surface area contributed by atoms with Crippen molar-refractivity contribution in [2.24, 2.45) is 0 Å². The predicted molar refractivity (Wildman–Crippen MR) is 62.4 cm³/mol. The topological polar surface area (TPSA) is 46.3 Å². The van der Waals surface area contributed by atoms with Crippen molar-refractivity contribution in [1.82, 2.24) is 4.98 Å². The Hall–Kier alpha value is -1.33. The molecule has 1 heterocycles. The number of oxazole rings is 1. The van der Waals surface area contributed by atoms with Crippen LogP contribution < -0.4 is 0 Å². The highest BCUT2D eigenvalue weighted by atomic mass is 32.2. The molecule has 1 aromatic carbocycles. The molecule has 0 saturated carbocycles. The van der Waals surface area contributed by atoms with Crippen LogP contribution in [0.15, 0.2) is 39.0 Å². The minimum atomic E-state index is -0.674. The van der Waals surface area contributed by atoms with Crippen LogP contribution in [0.4, 0.5) is 4.39 Å². The van der Waals surface area contributed by atoms with Crippen molar-refractivity contribution in [2.75, 3.05) is 0 Å². The first-order chi connectivity index (χ1) is 8.06. The molecule has 0 aliphatic carbocycles.